The Labute approximate surface area is 148 Å². The van der Waals surface area contributed by atoms with Gasteiger partial charge in [-0.05, 0) is 67.3 Å². The molecule has 1 heterocycles. The number of hydrogen-bond donors (Lipinski definition) is 3. The summed E-state index contributed by atoms with van der Waals surface area (Å²) < 4.78 is 1.01. The summed E-state index contributed by atoms with van der Waals surface area (Å²) in [6.45, 7) is 0.662. The van der Waals surface area contributed by atoms with Crippen LogP contribution in [0.2, 0.25) is 0 Å². The number of benzene rings is 2. The Morgan fingerprint density at radius 3 is 2.71 bits per heavy atom. The first kappa shape index (κ1) is 16.7. The topological polar surface area (TPSA) is 79.1 Å². The van der Waals surface area contributed by atoms with E-state index >= 15 is 0 Å². The number of halogens is 1. The fourth-order valence-corrected chi connectivity index (χ4v) is 3.38. The van der Waals surface area contributed by atoms with E-state index in [1.807, 2.05) is 18.2 Å². The van der Waals surface area contributed by atoms with Crippen LogP contribution in [0.5, 0.6) is 0 Å². The van der Waals surface area contributed by atoms with Gasteiger partial charge in [0.1, 0.15) is 0 Å². The van der Waals surface area contributed by atoms with Gasteiger partial charge in [0.25, 0.3) is 0 Å². The second kappa shape index (κ2) is 7.20. The molecule has 0 saturated carbocycles. The third-order valence-electron chi connectivity index (χ3n) is 4.15. The van der Waals surface area contributed by atoms with Crippen LogP contribution in [0, 0.1) is 0 Å². The molecule has 0 aliphatic rings. The molecule has 24 heavy (non-hydrogen) atoms. The number of aromatic amines is 1. The summed E-state index contributed by atoms with van der Waals surface area (Å²) in [6, 6.07) is 13.3. The molecule has 0 bridgehead atoms. The second-order valence-electron chi connectivity index (χ2n) is 5.80. The quantitative estimate of drug-likeness (QED) is 0.542. The molecule has 2 aromatic carbocycles. The van der Waals surface area contributed by atoms with Crippen molar-refractivity contribution < 1.29 is 9.90 Å². The molecule has 0 aliphatic heterocycles. The molecule has 0 unspecified atom stereocenters. The number of nitrogens with two attached hydrogens (primary N) is 1. The van der Waals surface area contributed by atoms with Crippen molar-refractivity contribution in [2.75, 3.05) is 6.54 Å². The van der Waals surface area contributed by atoms with E-state index in [9.17, 15) is 9.90 Å². The first-order valence-corrected chi connectivity index (χ1v) is 8.73. The molecular formula is C19H19BrN2O2. The Morgan fingerprint density at radius 1 is 1.17 bits per heavy atom. The summed E-state index contributed by atoms with van der Waals surface area (Å²) in [4.78, 5) is 14.8. The van der Waals surface area contributed by atoms with Crippen molar-refractivity contribution >= 4 is 32.8 Å². The van der Waals surface area contributed by atoms with Gasteiger partial charge in [0.2, 0.25) is 0 Å². The molecule has 0 amide bonds. The van der Waals surface area contributed by atoms with Crippen LogP contribution in [0.3, 0.4) is 0 Å². The molecule has 0 aliphatic carbocycles. The van der Waals surface area contributed by atoms with E-state index in [2.05, 4.69) is 33.0 Å². The first-order valence-electron chi connectivity index (χ1n) is 7.94. The lowest BCUT2D eigenvalue weighted by Gasteiger charge is -2.06. The Hall–Kier alpha value is -2.11. The fraction of sp³-hybridized carbons (Fsp3) is 0.211. The monoisotopic (exact) mass is 386 g/mol. The van der Waals surface area contributed by atoms with Crippen molar-refractivity contribution in [1.29, 1.82) is 0 Å². The zero-order chi connectivity index (χ0) is 17.1. The number of rotatable bonds is 6. The predicted octanol–water partition coefficient (Wildman–Crippen LogP) is 4.58. The SMILES string of the molecule is NCCCCc1c(-c2cccc(Br)c2)[nH]c2ccc(C(=O)O)cc12. The number of carbonyl (C=O) groups is 1. The molecule has 5 heteroatoms. The van der Waals surface area contributed by atoms with E-state index in [1.54, 1.807) is 12.1 Å². The molecule has 4 N–H and O–H groups in total. The fourth-order valence-electron chi connectivity index (χ4n) is 2.98. The van der Waals surface area contributed by atoms with Crippen LogP contribution in [0.4, 0.5) is 0 Å². The minimum atomic E-state index is -0.907. The van der Waals surface area contributed by atoms with E-state index in [0.717, 1.165) is 51.5 Å². The van der Waals surface area contributed by atoms with Crippen molar-refractivity contribution in [2.24, 2.45) is 5.73 Å². The predicted molar refractivity (Wildman–Crippen MR) is 100 cm³/mol. The van der Waals surface area contributed by atoms with Crippen LogP contribution in [0.15, 0.2) is 46.9 Å². The maximum atomic E-state index is 11.3. The van der Waals surface area contributed by atoms with Crippen LogP contribution in [-0.4, -0.2) is 22.6 Å². The van der Waals surface area contributed by atoms with Crippen LogP contribution in [0.25, 0.3) is 22.2 Å². The van der Waals surface area contributed by atoms with Crippen molar-refractivity contribution in [2.45, 2.75) is 19.3 Å². The van der Waals surface area contributed by atoms with Gasteiger partial charge in [-0.3, -0.25) is 0 Å². The highest BCUT2D eigenvalue weighted by atomic mass is 79.9. The standard InChI is InChI=1S/C19H19BrN2O2/c20-14-5-3-4-12(10-14)18-15(6-1-2-9-21)16-11-13(19(23)24)7-8-17(16)22-18/h3-5,7-8,10-11,22H,1-2,6,9,21H2,(H,23,24). The van der Waals surface area contributed by atoms with E-state index in [-0.39, 0.29) is 0 Å². The average Bonchev–Trinajstić information content (AvgIpc) is 2.93. The number of carboxylic acids is 1. The van der Waals surface area contributed by atoms with Crippen LogP contribution < -0.4 is 5.73 Å². The molecule has 0 atom stereocenters. The van der Waals surface area contributed by atoms with Gasteiger partial charge in [0.05, 0.1) is 5.56 Å². The normalized spacial score (nSPS) is 11.1. The van der Waals surface area contributed by atoms with Crippen LogP contribution in [0.1, 0.15) is 28.8 Å². The lowest BCUT2D eigenvalue weighted by atomic mass is 9.99. The number of carboxylic acid groups (broad SMARTS) is 1. The highest BCUT2D eigenvalue weighted by Gasteiger charge is 2.15. The average molecular weight is 387 g/mol. The maximum Gasteiger partial charge on any atom is 0.335 e. The zero-order valence-corrected chi connectivity index (χ0v) is 14.8. The summed E-state index contributed by atoms with van der Waals surface area (Å²) in [5, 5.41) is 10.3. The van der Waals surface area contributed by atoms with Gasteiger partial charge in [-0.2, -0.15) is 0 Å². The summed E-state index contributed by atoms with van der Waals surface area (Å²) in [5.74, 6) is -0.907. The minimum absolute atomic E-state index is 0.308. The van der Waals surface area contributed by atoms with E-state index in [0.29, 0.717) is 12.1 Å². The van der Waals surface area contributed by atoms with Gasteiger partial charge >= 0.3 is 5.97 Å². The molecule has 1 aromatic heterocycles. The lowest BCUT2D eigenvalue weighted by Crippen LogP contribution is -1.99. The Bertz CT molecular complexity index is 886. The van der Waals surface area contributed by atoms with Gasteiger partial charge in [-0.15, -0.1) is 0 Å². The van der Waals surface area contributed by atoms with Crippen molar-refractivity contribution in [3.63, 3.8) is 0 Å². The highest BCUT2D eigenvalue weighted by molar-refractivity contribution is 9.10. The number of aromatic nitrogens is 1. The number of aromatic carboxylic acids is 1. The number of H-pyrrole nitrogens is 1. The van der Waals surface area contributed by atoms with Gasteiger partial charge in [-0.1, -0.05) is 28.1 Å². The lowest BCUT2D eigenvalue weighted by molar-refractivity contribution is 0.0697. The van der Waals surface area contributed by atoms with E-state index in [4.69, 9.17) is 5.73 Å². The molecule has 124 valence electrons. The smallest absolute Gasteiger partial charge is 0.335 e. The van der Waals surface area contributed by atoms with Gasteiger partial charge in [0.15, 0.2) is 0 Å². The molecule has 0 fully saturated rings. The highest BCUT2D eigenvalue weighted by Crippen LogP contribution is 2.33. The first-order chi connectivity index (χ1) is 11.6. The number of unbranched alkanes of at least 4 members (excludes halogenated alkanes) is 1. The molecule has 3 aromatic rings. The third kappa shape index (κ3) is 3.37. The van der Waals surface area contributed by atoms with Crippen molar-refractivity contribution in [3.05, 3.63) is 58.1 Å². The number of fused-ring (bicyclic) bond motifs is 1. The summed E-state index contributed by atoms with van der Waals surface area (Å²) in [6.07, 6.45) is 2.78. The largest absolute Gasteiger partial charge is 0.478 e. The number of aryl methyl sites for hydroxylation is 1. The van der Waals surface area contributed by atoms with Gasteiger partial charge in [0, 0.05) is 21.1 Å². The van der Waals surface area contributed by atoms with Crippen LogP contribution >= 0.6 is 15.9 Å². The molecule has 0 saturated heterocycles. The summed E-state index contributed by atoms with van der Waals surface area (Å²) in [7, 11) is 0. The Kier molecular flexibility index (Phi) is 5.02. The van der Waals surface area contributed by atoms with Gasteiger partial charge in [-0.25, -0.2) is 4.79 Å². The maximum absolute atomic E-state index is 11.3. The van der Waals surface area contributed by atoms with Crippen molar-refractivity contribution in [3.8, 4) is 11.3 Å². The zero-order valence-electron chi connectivity index (χ0n) is 13.2. The molecule has 4 nitrogen and oxygen atoms in total. The van der Waals surface area contributed by atoms with E-state index in [1.165, 1.54) is 0 Å². The molecule has 0 radical (unpaired) electrons. The van der Waals surface area contributed by atoms with E-state index < -0.39 is 5.97 Å². The Balaban J connectivity index is 2.16. The van der Waals surface area contributed by atoms with Gasteiger partial charge < -0.3 is 15.8 Å². The van der Waals surface area contributed by atoms with Crippen molar-refractivity contribution in [1.82, 2.24) is 4.98 Å². The molecule has 3 rings (SSSR count). The Morgan fingerprint density at radius 2 is 2.00 bits per heavy atom. The van der Waals surface area contributed by atoms with Crippen LogP contribution in [-0.2, 0) is 6.42 Å². The molecule has 0 spiro atoms. The minimum Gasteiger partial charge on any atom is -0.478 e. The number of hydrogen-bond acceptors (Lipinski definition) is 2. The third-order valence-corrected chi connectivity index (χ3v) is 4.64. The summed E-state index contributed by atoms with van der Waals surface area (Å²) >= 11 is 3.51. The molecular weight excluding hydrogens is 368 g/mol. The second-order valence-corrected chi connectivity index (χ2v) is 6.72. The summed E-state index contributed by atoms with van der Waals surface area (Å²) in [5.41, 5.74) is 10.2. The number of nitrogens with one attached hydrogen (secondary N) is 1.